The average Bonchev–Trinajstić information content (AvgIpc) is 0.773. The van der Waals surface area contributed by atoms with E-state index in [2.05, 4.69) is 10.6 Å². The fraction of sp³-hybridized carbons (Fsp3) is 0.565. The van der Waals surface area contributed by atoms with Crippen LogP contribution in [0.25, 0.3) is 0 Å². The number of benzene rings is 3. The number of hydroxylamine groups is 8. The van der Waals surface area contributed by atoms with Crippen molar-refractivity contribution in [3.05, 3.63) is 65.5 Å². The Labute approximate surface area is 737 Å². The monoisotopic (exact) mass is 2530 g/mol. The molecule has 0 heterocycles. The standard InChI is InChI=1S/C62H84I9N9O27/c1-30(87)74(53-47(66)38(56(95)72-17-33(90)22-85)44(63)39(48(53)67)57(96)73-18-34(91)23-86)19-35(92)24-105-27-62(4,28-106-25-36(93)20-75(31(2)88)54-49(68)40(58(97)77(101)9-5-13-81)45(64)41(50(54)69)59(98)78(102)10-6-14-82)29-107-26-37(94)21-76(32(3)89)55-51(70)42(60(99)79(103)11-7-15-83)46(65)43(52(55)71)61(100)80(104)12-8-16-84/h33-37,81-86,90-94,101-104H,5-29H2,1-4H3,(H,72,95)(H,73,96). The summed E-state index contributed by atoms with van der Waals surface area (Å²) in [5, 5.41) is 162. The van der Waals surface area contributed by atoms with Gasteiger partial charge in [-0.1, -0.05) is 6.92 Å². The van der Waals surface area contributed by atoms with Crippen LogP contribution >= 0.6 is 203 Å². The number of nitrogens with one attached hydrogen (secondary N) is 2. The number of rotatable bonds is 45. The molecule has 5 atom stereocenters. The SMILES string of the molecule is CC(=O)N(CC(O)COCC(C)(COCC(O)CN(C(C)=O)c1c(I)c(C(=O)N(O)CCCO)c(I)c(C(=O)N(O)CCCO)c1I)COCC(O)CN(C(C)=O)c1c(I)c(C(=O)N(O)CCCO)c(I)c(C(=O)N(O)CCCO)c1I)c1c(I)c(C(=O)NCC(O)CO)c(I)c(C(=O)NCC(O)CO)c1I. The van der Waals surface area contributed by atoms with Gasteiger partial charge in [0, 0.05) is 76.4 Å². The molecule has 0 aliphatic rings. The summed E-state index contributed by atoms with van der Waals surface area (Å²) in [6.45, 7) is -5.26. The summed E-state index contributed by atoms with van der Waals surface area (Å²) in [6, 6.07) is 0. The summed E-state index contributed by atoms with van der Waals surface area (Å²) in [6.07, 6.45) is -7.83. The summed E-state index contributed by atoms with van der Waals surface area (Å²) < 4.78 is 18.6. The van der Waals surface area contributed by atoms with E-state index in [-0.39, 0.29) is 134 Å². The number of nitrogens with zero attached hydrogens (tertiary/aromatic N) is 7. The number of aliphatic hydroxyl groups is 11. The predicted molar refractivity (Wildman–Crippen MR) is 455 cm³/mol. The maximum absolute atomic E-state index is 14.0. The van der Waals surface area contributed by atoms with Crippen LogP contribution in [0.1, 0.15) is 116 Å². The number of carbonyl (C=O) groups excluding carboxylic acids is 9. The molecule has 0 aliphatic carbocycles. The Morgan fingerprint density at radius 2 is 0.579 bits per heavy atom. The van der Waals surface area contributed by atoms with Crippen LogP contribution < -0.4 is 25.3 Å². The van der Waals surface area contributed by atoms with E-state index in [4.69, 9.17) is 14.2 Å². The van der Waals surface area contributed by atoms with Gasteiger partial charge in [0.15, 0.2) is 0 Å². The van der Waals surface area contributed by atoms with Crippen molar-refractivity contribution in [2.24, 2.45) is 5.41 Å². The van der Waals surface area contributed by atoms with Gasteiger partial charge in [0.05, 0.1) is 201 Å². The minimum absolute atomic E-state index is 0.0126. The first-order chi connectivity index (χ1) is 50.2. The van der Waals surface area contributed by atoms with Crippen molar-refractivity contribution in [2.75, 3.05) is 153 Å². The normalized spacial score (nSPS) is 13.4. The fourth-order valence-electron chi connectivity index (χ4n) is 9.72. The summed E-state index contributed by atoms with van der Waals surface area (Å²) in [5.74, 6) is -8.10. The minimum atomic E-state index is -1.62. The van der Waals surface area contributed by atoms with E-state index < -0.39 is 201 Å². The van der Waals surface area contributed by atoms with Gasteiger partial charge in [-0.3, -0.25) is 64.0 Å². The van der Waals surface area contributed by atoms with Gasteiger partial charge in [0.1, 0.15) is 0 Å². The van der Waals surface area contributed by atoms with Crippen LogP contribution in [0, 0.1) is 37.5 Å². The van der Waals surface area contributed by atoms with Gasteiger partial charge in [0.2, 0.25) is 17.7 Å². The van der Waals surface area contributed by atoms with E-state index in [1.807, 2.05) is 0 Å². The number of amides is 9. The van der Waals surface area contributed by atoms with Crippen molar-refractivity contribution in [2.45, 2.75) is 83.9 Å². The van der Waals surface area contributed by atoms with Crippen LogP contribution in [0.4, 0.5) is 17.1 Å². The highest BCUT2D eigenvalue weighted by atomic mass is 127. The third kappa shape index (κ3) is 28.3. The second-order valence-electron chi connectivity index (χ2n) is 23.9. The smallest absolute Gasteiger partial charge is 0.279 e. The van der Waals surface area contributed by atoms with Gasteiger partial charge in [-0.25, -0.2) is 20.3 Å². The first kappa shape index (κ1) is 99.9. The largest absolute Gasteiger partial charge is 0.396 e. The number of hydrogen-bond acceptors (Lipinski definition) is 27. The van der Waals surface area contributed by atoms with Crippen LogP contribution in [-0.4, -0.2) is 319 Å². The highest BCUT2D eigenvalue weighted by molar-refractivity contribution is 14.1. The predicted octanol–water partition coefficient (Wildman–Crippen LogP) is 1.75. The highest BCUT2D eigenvalue weighted by Crippen LogP contribution is 2.43. The second kappa shape index (κ2) is 49.0. The topological polar surface area (TPSA) is 532 Å². The van der Waals surface area contributed by atoms with Crippen molar-refractivity contribution < 1.29 is 134 Å². The molecule has 0 aromatic heterocycles. The Bertz CT molecular complexity index is 3310. The second-order valence-corrected chi connectivity index (χ2v) is 33.7. The van der Waals surface area contributed by atoms with E-state index in [1.165, 1.54) is 0 Å². The number of anilines is 3. The van der Waals surface area contributed by atoms with Crippen molar-refractivity contribution in [3.8, 4) is 0 Å². The fourth-order valence-corrected chi connectivity index (χ4v) is 23.8. The number of carbonyl (C=O) groups is 9. The molecule has 17 N–H and O–H groups in total. The van der Waals surface area contributed by atoms with Crippen LogP contribution in [-0.2, 0) is 28.6 Å². The molecule has 107 heavy (non-hydrogen) atoms. The molecular formula is C62H84I9N9O27. The lowest BCUT2D eigenvalue weighted by atomic mass is 9.94. The Balaban J connectivity index is 2.20. The lowest BCUT2D eigenvalue weighted by molar-refractivity contribution is -0.117. The third-order valence-corrected chi connectivity index (χ3v) is 24.6. The van der Waals surface area contributed by atoms with Gasteiger partial charge < -0.3 is 95.7 Å². The van der Waals surface area contributed by atoms with E-state index in [0.717, 1.165) is 35.5 Å². The van der Waals surface area contributed by atoms with Crippen molar-refractivity contribution in [1.82, 2.24) is 30.9 Å². The summed E-state index contributed by atoms with van der Waals surface area (Å²) in [5.41, 5.74) is -3.11. The lowest BCUT2D eigenvalue weighted by Crippen LogP contribution is -2.43. The van der Waals surface area contributed by atoms with E-state index in [9.17, 15) is 120 Å². The van der Waals surface area contributed by atoms with Gasteiger partial charge in [-0.05, 0) is 229 Å². The molecule has 45 heteroatoms. The van der Waals surface area contributed by atoms with Gasteiger partial charge in [-0.2, -0.15) is 0 Å². The molecule has 9 amide bonds. The van der Waals surface area contributed by atoms with E-state index >= 15 is 0 Å². The molecule has 5 unspecified atom stereocenters. The maximum atomic E-state index is 14.0. The molecule has 36 nitrogen and oxygen atoms in total. The third-order valence-electron chi connectivity index (χ3n) is 15.1. The average molecular weight is 2530 g/mol. The molecule has 3 rings (SSSR count). The molecule has 0 aliphatic heterocycles. The number of ether oxygens (including phenoxy) is 3. The molecule has 3 aromatic carbocycles. The van der Waals surface area contributed by atoms with Gasteiger partial charge in [0.25, 0.3) is 35.4 Å². The molecule has 602 valence electrons. The number of halogens is 9. The van der Waals surface area contributed by atoms with Crippen molar-refractivity contribution in [1.29, 1.82) is 0 Å². The molecule has 0 saturated heterocycles. The molecule has 0 spiro atoms. The van der Waals surface area contributed by atoms with Crippen molar-refractivity contribution in [3.63, 3.8) is 0 Å². The Morgan fingerprint density at radius 3 is 0.785 bits per heavy atom. The first-order valence-electron chi connectivity index (χ1n) is 32.1. The zero-order chi connectivity index (χ0) is 81.2. The summed E-state index contributed by atoms with van der Waals surface area (Å²) in [7, 11) is 0. The lowest BCUT2D eigenvalue weighted by Gasteiger charge is -2.33. The summed E-state index contributed by atoms with van der Waals surface area (Å²) >= 11 is 15.6. The Kier molecular flexibility index (Phi) is 45.7. The van der Waals surface area contributed by atoms with Gasteiger partial charge >= 0.3 is 0 Å². The van der Waals surface area contributed by atoms with Crippen LogP contribution in [0.5, 0.6) is 0 Å². The van der Waals surface area contributed by atoms with Crippen LogP contribution in [0.2, 0.25) is 0 Å². The Hall–Kier alpha value is -1.26. The van der Waals surface area contributed by atoms with Crippen molar-refractivity contribution >= 4 is 274 Å². The quantitative estimate of drug-likeness (QED) is 0.0218. The van der Waals surface area contributed by atoms with Gasteiger partial charge in [-0.15, -0.1) is 0 Å². The van der Waals surface area contributed by atoms with Crippen LogP contribution in [0.3, 0.4) is 0 Å². The molecule has 0 bridgehead atoms. The van der Waals surface area contributed by atoms with E-state index in [1.54, 1.807) is 210 Å². The van der Waals surface area contributed by atoms with E-state index in [0.29, 0.717) is 20.3 Å². The number of aliphatic hydroxyl groups excluding tert-OH is 11. The first-order valence-corrected chi connectivity index (χ1v) is 41.8. The molecule has 0 saturated carbocycles. The summed E-state index contributed by atoms with van der Waals surface area (Å²) in [4.78, 5) is 128. The highest BCUT2D eigenvalue weighted by Gasteiger charge is 2.39. The molecule has 3 aromatic rings. The zero-order valence-electron chi connectivity index (χ0n) is 57.7. The molecule has 0 fully saturated rings. The maximum Gasteiger partial charge on any atom is 0.279 e. The Morgan fingerprint density at radius 1 is 0.364 bits per heavy atom. The molecular weight excluding hydrogens is 2440 g/mol. The molecule has 0 radical (unpaired) electrons. The van der Waals surface area contributed by atoms with Crippen LogP contribution in [0.15, 0.2) is 0 Å². The number of hydrogen-bond donors (Lipinski definition) is 17. The zero-order valence-corrected chi connectivity index (χ0v) is 77.1. The minimum Gasteiger partial charge on any atom is -0.396 e.